The first-order chi connectivity index (χ1) is 13.4. The Labute approximate surface area is 164 Å². The molecule has 0 radical (unpaired) electrons. The molecule has 144 valence electrons. The summed E-state index contributed by atoms with van der Waals surface area (Å²) >= 11 is 0. The summed E-state index contributed by atoms with van der Waals surface area (Å²) in [5.74, 6) is -0.0605. The van der Waals surface area contributed by atoms with Gasteiger partial charge in [0.2, 0.25) is 11.8 Å². The van der Waals surface area contributed by atoms with Crippen molar-refractivity contribution in [2.24, 2.45) is 0 Å². The molecule has 2 aromatic carbocycles. The van der Waals surface area contributed by atoms with Gasteiger partial charge in [-0.3, -0.25) is 9.59 Å². The molecule has 0 atom stereocenters. The van der Waals surface area contributed by atoms with Gasteiger partial charge in [-0.1, -0.05) is 29.8 Å². The number of benzene rings is 2. The van der Waals surface area contributed by atoms with Crippen molar-refractivity contribution in [3.05, 3.63) is 64.7 Å². The summed E-state index contributed by atoms with van der Waals surface area (Å²) in [6.45, 7) is 5.75. The minimum absolute atomic E-state index is 0.0126. The van der Waals surface area contributed by atoms with Crippen molar-refractivity contribution in [2.45, 2.75) is 20.8 Å². The Balaban J connectivity index is 1.84. The molecule has 0 saturated carbocycles. The number of amides is 2. The van der Waals surface area contributed by atoms with Gasteiger partial charge in [-0.15, -0.1) is 0 Å². The number of carbonyl (C=O) groups excluding carboxylic acids is 2. The summed E-state index contributed by atoms with van der Waals surface area (Å²) in [6.07, 6.45) is 3.00. The molecule has 0 unspecified atom stereocenters. The first-order valence-electron chi connectivity index (χ1n) is 8.82. The Hall–Kier alpha value is -3.59. The summed E-state index contributed by atoms with van der Waals surface area (Å²) in [4.78, 5) is 24.0. The lowest BCUT2D eigenvalue weighted by atomic mass is 10.1. The molecule has 2 rings (SSSR count). The SMILES string of the molecule is Cc1cc(C)c(NC(=O)CNC(=O)C=Cc2ccc(OCC#N)cc2)c(C)c1. The lowest BCUT2D eigenvalue weighted by molar-refractivity contribution is -0.121. The number of carbonyl (C=O) groups is 2. The number of anilines is 1. The maximum Gasteiger partial charge on any atom is 0.244 e. The molecule has 0 aliphatic rings. The fraction of sp³-hybridized carbons (Fsp3) is 0.227. The van der Waals surface area contributed by atoms with Crippen molar-refractivity contribution in [1.29, 1.82) is 5.26 Å². The number of rotatable bonds is 7. The number of ether oxygens (including phenoxy) is 1. The monoisotopic (exact) mass is 377 g/mol. The molecule has 6 heteroatoms. The minimum Gasteiger partial charge on any atom is -0.479 e. The van der Waals surface area contributed by atoms with Crippen LogP contribution < -0.4 is 15.4 Å². The number of hydrogen-bond acceptors (Lipinski definition) is 4. The van der Waals surface area contributed by atoms with Gasteiger partial charge < -0.3 is 15.4 Å². The van der Waals surface area contributed by atoms with Crippen LogP contribution in [0.4, 0.5) is 5.69 Å². The van der Waals surface area contributed by atoms with E-state index in [9.17, 15) is 9.59 Å². The maximum atomic E-state index is 12.1. The summed E-state index contributed by atoms with van der Waals surface area (Å²) in [5, 5.41) is 13.9. The van der Waals surface area contributed by atoms with Crippen LogP contribution in [0.25, 0.3) is 6.08 Å². The van der Waals surface area contributed by atoms with Crippen molar-refractivity contribution < 1.29 is 14.3 Å². The number of hydrogen-bond donors (Lipinski definition) is 2. The maximum absolute atomic E-state index is 12.1. The average molecular weight is 377 g/mol. The van der Waals surface area contributed by atoms with Crippen LogP contribution >= 0.6 is 0 Å². The highest BCUT2D eigenvalue weighted by Gasteiger charge is 2.09. The summed E-state index contributed by atoms with van der Waals surface area (Å²) in [5.41, 5.74) is 4.68. The standard InChI is InChI=1S/C22H23N3O3/c1-15-12-16(2)22(17(3)13-15)25-21(27)14-24-20(26)9-6-18-4-7-19(8-5-18)28-11-10-23/h4-9,12-13H,11,14H2,1-3H3,(H,24,26)(H,25,27). The smallest absolute Gasteiger partial charge is 0.244 e. The van der Waals surface area contributed by atoms with Crippen LogP contribution in [0.5, 0.6) is 5.75 Å². The molecular formula is C22H23N3O3. The van der Waals surface area contributed by atoms with E-state index in [1.165, 1.54) is 6.08 Å². The lowest BCUT2D eigenvalue weighted by Gasteiger charge is -2.13. The van der Waals surface area contributed by atoms with E-state index in [1.54, 1.807) is 30.3 Å². The second kappa shape index (κ2) is 9.93. The zero-order valence-corrected chi connectivity index (χ0v) is 16.2. The van der Waals surface area contributed by atoms with Gasteiger partial charge in [0.25, 0.3) is 0 Å². The third kappa shape index (κ3) is 6.29. The number of aryl methyl sites for hydroxylation is 3. The second-order valence-electron chi connectivity index (χ2n) is 6.39. The van der Waals surface area contributed by atoms with Gasteiger partial charge in [0, 0.05) is 11.8 Å². The molecule has 2 aromatic rings. The van der Waals surface area contributed by atoms with Crippen LogP contribution in [0.1, 0.15) is 22.3 Å². The van der Waals surface area contributed by atoms with E-state index in [1.807, 2.05) is 39.0 Å². The molecule has 0 heterocycles. The van der Waals surface area contributed by atoms with E-state index in [-0.39, 0.29) is 25.0 Å². The van der Waals surface area contributed by atoms with E-state index < -0.39 is 0 Å². The fourth-order valence-corrected chi connectivity index (χ4v) is 2.75. The molecule has 2 amide bonds. The highest BCUT2D eigenvalue weighted by Crippen LogP contribution is 2.21. The summed E-state index contributed by atoms with van der Waals surface area (Å²) < 4.78 is 5.16. The molecule has 0 aliphatic carbocycles. The predicted octanol–water partition coefficient (Wildman–Crippen LogP) is 3.28. The Kier molecular flexibility index (Phi) is 7.35. The molecule has 2 N–H and O–H groups in total. The Morgan fingerprint density at radius 2 is 1.75 bits per heavy atom. The molecule has 6 nitrogen and oxygen atoms in total. The van der Waals surface area contributed by atoms with Gasteiger partial charge in [-0.2, -0.15) is 5.26 Å². The zero-order chi connectivity index (χ0) is 20.5. The van der Waals surface area contributed by atoms with Gasteiger partial charge in [0.05, 0.1) is 6.54 Å². The van der Waals surface area contributed by atoms with Crippen molar-refractivity contribution in [2.75, 3.05) is 18.5 Å². The molecular weight excluding hydrogens is 354 g/mol. The molecule has 28 heavy (non-hydrogen) atoms. The Morgan fingerprint density at radius 3 is 2.36 bits per heavy atom. The fourth-order valence-electron chi connectivity index (χ4n) is 2.75. The van der Waals surface area contributed by atoms with Crippen molar-refractivity contribution in [1.82, 2.24) is 5.32 Å². The van der Waals surface area contributed by atoms with Gasteiger partial charge in [0.1, 0.15) is 11.8 Å². The van der Waals surface area contributed by atoms with E-state index in [4.69, 9.17) is 10.00 Å². The predicted molar refractivity (Wildman–Crippen MR) is 109 cm³/mol. The Bertz CT molecular complexity index is 902. The quantitative estimate of drug-likeness (QED) is 0.725. The van der Waals surface area contributed by atoms with E-state index >= 15 is 0 Å². The number of nitrogens with zero attached hydrogens (tertiary/aromatic N) is 1. The van der Waals surface area contributed by atoms with Crippen LogP contribution in [0.15, 0.2) is 42.5 Å². The highest BCUT2D eigenvalue weighted by atomic mass is 16.5. The van der Waals surface area contributed by atoms with E-state index in [2.05, 4.69) is 10.6 Å². The first-order valence-corrected chi connectivity index (χ1v) is 8.82. The largest absolute Gasteiger partial charge is 0.479 e. The van der Waals surface area contributed by atoms with Crippen LogP contribution in [-0.2, 0) is 9.59 Å². The van der Waals surface area contributed by atoms with E-state index in [0.717, 1.165) is 27.9 Å². The van der Waals surface area contributed by atoms with Crippen LogP contribution in [0.2, 0.25) is 0 Å². The van der Waals surface area contributed by atoms with Gasteiger partial charge in [-0.05, 0) is 55.7 Å². The summed E-state index contributed by atoms with van der Waals surface area (Å²) in [7, 11) is 0. The first kappa shape index (κ1) is 20.7. The third-order valence-electron chi connectivity index (χ3n) is 3.98. The van der Waals surface area contributed by atoms with Crippen molar-refractivity contribution >= 4 is 23.6 Å². The van der Waals surface area contributed by atoms with Gasteiger partial charge in [0.15, 0.2) is 6.61 Å². The van der Waals surface area contributed by atoms with Gasteiger partial charge in [-0.25, -0.2) is 0 Å². The summed E-state index contributed by atoms with van der Waals surface area (Å²) in [6, 6.07) is 12.9. The molecule has 0 saturated heterocycles. The normalized spacial score (nSPS) is 10.4. The van der Waals surface area contributed by atoms with Crippen molar-refractivity contribution in [3.63, 3.8) is 0 Å². The minimum atomic E-state index is -0.364. The molecule has 0 aromatic heterocycles. The van der Waals surface area contributed by atoms with Crippen LogP contribution in [-0.4, -0.2) is 25.0 Å². The number of nitriles is 1. The third-order valence-corrected chi connectivity index (χ3v) is 3.98. The van der Waals surface area contributed by atoms with Crippen LogP contribution in [0.3, 0.4) is 0 Å². The lowest BCUT2D eigenvalue weighted by Crippen LogP contribution is -2.32. The highest BCUT2D eigenvalue weighted by molar-refractivity contribution is 5.98. The molecule has 0 aliphatic heterocycles. The zero-order valence-electron chi connectivity index (χ0n) is 16.2. The molecule has 0 bridgehead atoms. The topological polar surface area (TPSA) is 91.2 Å². The molecule has 0 fully saturated rings. The Morgan fingerprint density at radius 1 is 1.11 bits per heavy atom. The average Bonchev–Trinajstić information content (AvgIpc) is 2.66. The van der Waals surface area contributed by atoms with E-state index in [0.29, 0.717) is 5.75 Å². The molecule has 0 spiro atoms. The number of nitrogens with one attached hydrogen (secondary N) is 2. The second-order valence-corrected chi connectivity index (χ2v) is 6.39. The van der Waals surface area contributed by atoms with Crippen molar-refractivity contribution in [3.8, 4) is 11.8 Å². The van der Waals surface area contributed by atoms with Gasteiger partial charge >= 0.3 is 0 Å². The van der Waals surface area contributed by atoms with Crippen LogP contribution in [0, 0.1) is 32.1 Å².